The summed E-state index contributed by atoms with van der Waals surface area (Å²) < 4.78 is 14.7. The standard InChI is InChI=1S/C12H13FN4O/c1-7(14)9-6-8(13)2-3-11(9)17-5-4-10(16-17)12(15)18/h2-7H,14H2,1H3,(H2,15,18)/t7-/m1/s1. The maximum Gasteiger partial charge on any atom is 0.269 e. The fraction of sp³-hybridized carbons (Fsp3) is 0.167. The monoisotopic (exact) mass is 248 g/mol. The molecule has 0 aliphatic rings. The number of nitrogens with two attached hydrogens (primary N) is 2. The third kappa shape index (κ3) is 2.23. The molecule has 1 aromatic carbocycles. The molecule has 2 rings (SSSR count). The lowest BCUT2D eigenvalue weighted by Crippen LogP contribution is -2.14. The van der Waals surface area contributed by atoms with E-state index in [9.17, 15) is 9.18 Å². The zero-order valence-electron chi connectivity index (χ0n) is 9.80. The van der Waals surface area contributed by atoms with Gasteiger partial charge in [0.25, 0.3) is 5.91 Å². The van der Waals surface area contributed by atoms with E-state index in [0.29, 0.717) is 11.3 Å². The molecule has 0 bridgehead atoms. The van der Waals surface area contributed by atoms with Gasteiger partial charge in [-0.05, 0) is 36.8 Å². The molecule has 1 atom stereocenters. The zero-order chi connectivity index (χ0) is 13.3. The van der Waals surface area contributed by atoms with Crippen LogP contribution in [0.3, 0.4) is 0 Å². The average molecular weight is 248 g/mol. The number of hydrogen-bond donors (Lipinski definition) is 2. The van der Waals surface area contributed by atoms with Crippen molar-refractivity contribution in [2.45, 2.75) is 13.0 Å². The molecule has 18 heavy (non-hydrogen) atoms. The number of benzene rings is 1. The molecule has 0 spiro atoms. The number of carbonyl (C=O) groups excluding carboxylic acids is 1. The van der Waals surface area contributed by atoms with Crippen molar-refractivity contribution in [3.8, 4) is 5.69 Å². The highest BCUT2D eigenvalue weighted by molar-refractivity contribution is 5.90. The molecule has 1 amide bonds. The molecule has 1 heterocycles. The van der Waals surface area contributed by atoms with Gasteiger partial charge < -0.3 is 11.5 Å². The molecule has 0 saturated heterocycles. The third-order valence-corrected chi connectivity index (χ3v) is 2.57. The topological polar surface area (TPSA) is 86.9 Å². The number of rotatable bonds is 3. The summed E-state index contributed by atoms with van der Waals surface area (Å²) in [4.78, 5) is 11.0. The Morgan fingerprint density at radius 2 is 2.17 bits per heavy atom. The molecule has 6 heteroatoms. The van der Waals surface area contributed by atoms with Crippen LogP contribution in [0.15, 0.2) is 30.5 Å². The van der Waals surface area contributed by atoms with Crippen molar-refractivity contribution in [1.82, 2.24) is 9.78 Å². The molecule has 0 saturated carbocycles. The van der Waals surface area contributed by atoms with Gasteiger partial charge in [0, 0.05) is 12.2 Å². The molecule has 0 radical (unpaired) electrons. The van der Waals surface area contributed by atoms with Crippen molar-refractivity contribution in [3.63, 3.8) is 0 Å². The Kier molecular flexibility index (Phi) is 3.12. The minimum absolute atomic E-state index is 0.148. The van der Waals surface area contributed by atoms with Crippen LogP contribution in [0.4, 0.5) is 4.39 Å². The highest BCUT2D eigenvalue weighted by Gasteiger charge is 2.12. The Morgan fingerprint density at radius 3 is 2.72 bits per heavy atom. The van der Waals surface area contributed by atoms with Crippen molar-refractivity contribution in [2.24, 2.45) is 11.5 Å². The molecule has 4 N–H and O–H groups in total. The summed E-state index contributed by atoms with van der Waals surface area (Å²) in [5.41, 5.74) is 12.3. The van der Waals surface area contributed by atoms with E-state index in [0.717, 1.165) is 0 Å². The molecule has 2 aromatic rings. The minimum atomic E-state index is -0.613. The maximum absolute atomic E-state index is 13.2. The van der Waals surface area contributed by atoms with E-state index in [2.05, 4.69) is 5.10 Å². The van der Waals surface area contributed by atoms with Gasteiger partial charge >= 0.3 is 0 Å². The summed E-state index contributed by atoms with van der Waals surface area (Å²) in [5, 5.41) is 4.02. The molecule has 0 fully saturated rings. The van der Waals surface area contributed by atoms with Crippen LogP contribution < -0.4 is 11.5 Å². The predicted octanol–water partition coefficient (Wildman–Crippen LogP) is 1.13. The van der Waals surface area contributed by atoms with Gasteiger partial charge in [0.05, 0.1) is 5.69 Å². The summed E-state index contributed by atoms with van der Waals surface area (Å²) in [7, 11) is 0. The Hall–Kier alpha value is -2.21. The van der Waals surface area contributed by atoms with E-state index < -0.39 is 5.91 Å². The van der Waals surface area contributed by atoms with Crippen molar-refractivity contribution in [2.75, 3.05) is 0 Å². The number of halogens is 1. The second kappa shape index (κ2) is 4.58. The van der Waals surface area contributed by atoms with E-state index in [1.807, 2.05) is 0 Å². The number of hydrogen-bond acceptors (Lipinski definition) is 3. The average Bonchev–Trinajstić information content (AvgIpc) is 2.78. The van der Waals surface area contributed by atoms with Crippen molar-refractivity contribution in [1.29, 1.82) is 0 Å². The first-order valence-electron chi connectivity index (χ1n) is 5.40. The van der Waals surface area contributed by atoms with E-state index in [-0.39, 0.29) is 17.6 Å². The zero-order valence-corrected chi connectivity index (χ0v) is 9.80. The number of nitrogens with zero attached hydrogens (tertiary/aromatic N) is 2. The largest absolute Gasteiger partial charge is 0.364 e. The molecule has 94 valence electrons. The van der Waals surface area contributed by atoms with Gasteiger partial charge in [0.1, 0.15) is 11.5 Å². The normalized spacial score (nSPS) is 12.4. The highest BCUT2D eigenvalue weighted by Crippen LogP contribution is 2.21. The highest BCUT2D eigenvalue weighted by atomic mass is 19.1. The van der Waals surface area contributed by atoms with Gasteiger partial charge in [0.2, 0.25) is 0 Å². The first-order chi connectivity index (χ1) is 8.49. The summed E-state index contributed by atoms with van der Waals surface area (Å²) in [6, 6.07) is 5.37. The maximum atomic E-state index is 13.2. The van der Waals surface area contributed by atoms with Crippen LogP contribution >= 0.6 is 0 Å². The van der Waals surface area contributed by atoms with E-state index >= 15 is 0 Å². The minimum Gasteiger partial charge on any atom is -0.364 e. The second-order valence-electron chi connectivity index (χ2n) is 4.00. The van der Waals surface area contributed by atoms with Gasteiger partial charge in [-0.25, -0.2) is 9.07 Å². The van der Waals surface area contributed by atoms with Crippen LogP contribution in [-0.2, 0) is 0 Å². The van der Waals surface area contributed by atoms with Crippen LogP contribution in [0.5, 0.6) is 0 Å². The lowest BCUT2D eigenvalue weighted by Gasteiger charge is -2.12. The van der Waals surface area contributed by atoms with Crippen molar-refractivity contribution < 1.29 is 9.18 Å². The summed E-state index contributed by atoms with van der Waals surface area (Å²) in [6.07, 6.45) is 1.58. The molecular weight excluding hydrogens is 235 g/mol. The molecule has 0 aliphatic heterocycles. The summed E-state index contributed by atoms with van der Waals surface area (Å²) >= 11 is 0. The number of amides is 1. The fourth-order valence-electron chi connectivity index (χ4n) is 1.69. The van der Waals surface area contributed by atoms with Crippen LogP contribution in [0.25, 0.3) is 5.69 Å². The molecule has 5 nitrogen and oxygen atoms in total. The Bertz CT molecular complexity index is 592. The SMILES string of the molecule is C[C@@H](N)c1cc(F)ccc1-n1ccc(C(N)=O)n1. The van der Waals surface area contributed by atoms with Crippen LogP contribution in [0, 0.1) is 5.82 Å². The summed E-state index contributed by atoms with van der Waals surface area (Å²) in [6.45, 7) is 1.75. The van der Waals surface area contributed by atoms with Gasteiger partial charge in [-0.2, -0.15) is 5.10 Å². The molecule has 0 aliphatic carbocycles. The quantitative estimate of drug-likeness (QED) is 0.853. The number of primary amides is 1. The second-order valence-corrected chi connectivity index (χ2v) is 4.00. The van der Waals surface area contributed by atoms with Gasteiger partial charge in [-0.15, -0.1) is 0 Å². The predicted molar refractivity (Wildman–Crippen MR) is 64.6 cm³/mol. The first kappa shape index (κ1) is 12.3. The van der Waals surface area contributed by atoms with Gasteiger partial charge in [-0.3, -0.25) is 4.79 Å². The Labute approximate surface area is 103 Å². The smallest absolute Gasteiger partial charge is 0.269 e. The summed E-state index contributed by atoms with van der Waals surface area (Å²) in [5.74, 6) is -0.980. The van der Waals surface area contributed by atoms with Gasteiger partial charge in [0.15, 0.2) is 0 Å². The molecule has 1 aromatic heterocycles. The van der Waals surface area contributed by atoms with E-state index in [1.165, 1.54) is 22.9 Å². The van der Waals surface area contributed by atoms with Crippen molar-refractivity contribution in [3.05, 3.63) is 47.5 Å². The first-order valence-corrected chi connectivity index (χ1v) is 5.40. The Balaban J connectivity index is 2.52. The third-order valence-electron chi connectivity index (χ3n) is 2.57. The van der Waals surface area contributed by atoms with Crippen molar-refractivity contribution >= 4 is 5.91 Å². The number of aromatic nitrogens is 2. The fourth-order valence-corrected chi connectivity index (χ4v) is 1.69. The van der Waals surface area contributed by atoms with Gasteiger partial charge in [-0.1, -0.05) is 0 Å². The van der Waals surface area contributed by atoms with E-state index in [1.54, 1.807) is 19.2 Å². The lowest BCUT2D eigenvalue weighted by molar-refractivity contribution is 0.0995. The molecular formula is C12H13FN4O. The van der Waals surface area contributed by atoms with Crippen LogP contribution in [-0.4, -0.2) is 15.7 Å². The van der Waals surface area contributed by atoms with E-state index in [4.69, 9.17) is 11.5 Å². The van der Waals surface area contributed by atoms with Crippen LogP contribution in [0.1, 0.15) is 29.0 Å². The van der Waals surface area contributed by atoms with Crippen LogP contribution in [0.2, 0.25) is 0 Å². The number of carbonyl (C=O) groups is 1. The molecule has 0 unspecified atom stereocenters. The Morgan fingerprint density at radius 1 is 1.44 bits per heavy atom. The lowest BCUT2D eigenvalue weighted by atomic mass is 10.1.